The molecule has 0 saturated carbocycles. The zero-order valence-electron chi connectivity index (χ0n) is 39.9. The molecule has 0 radical (unpaired) electrons. The minimum atomic E-state index is -1.41. The first-order valence-electron chi connectivity index (χ1n) is 23.2. The van der Waals surface area contributed by atoms with E-state index >= 15 is 0 Å². The number of nitrogens with zero attached hydrogens (tertiary/aromatic N) is 2. The number of benzene rings is 1. The van der Waals surface area contributed by atoms with Crippen LogP contribution in [0.2, 0.25) is 0 Å². The summed E-state index contributed by atoms with van der Waals surface area (Å²) in [5.74, 6) is 4.51. The van der Waals surface area contributed by atoms with E-state index in [0.717, 1.165) is 54.1 Å². The van der Waals surface area contributed by atoms with E-state index in [1.165, 1.54) is 74.5 Å². The van der Waals surface area contributed by atoms with Crippen molar-refractivity contribution in [1.29, 1.82) is 0 Å². The van der Waals surface area contributed by atoms with Gasteiger partial charge in [-0.25, -0.2) is 4.67 Å². The quantitative estimate of drug-likeness (QED) is 0.0308. The van der Waals surface area contributed by atoms with Crippen molar-refractivity contribution in [2.24, 2.45) is 22.7 Å². The molecule has 0 aliphatic carbocycles. The minimum Gasteiger partial charge on any atom is -0.491 e. The molecule has 10 heteroatoms. The molecule has 1 aromatic rings. The first-order valence-corrected chi connectivity index (χ1v) is 23.6. The third-order valence-corrected chi connectivity index (χ3v) is 13.3. The lowest BCUT2D eigenvalue weighted by atomic mass is 9.83. The molecule has 1 aromatic carbocycles. The second kappa shape index (κ2) is 28.1. The number of hydrogen-bond acceptors (Lipinski definition) is 9. The van der Waals surface area contributed by atoms with Crippen molar-refractivity contribution < 1.29 is 34.1 Å². The molecule has 1 aliphatic heterocycles. The average molecular weight is 824 g/mol. The lowest BCUT2D eigenvalue weighted by Gasteiger charge is -2.38. The lowest BCUT2D eigenvalue weighted by molar-refractivity contribution is -0.00588. The summed E-state index contributed by atoms with van der Waals surface area (Å²) in [6.07, 6.45) is 15.0. The van der Waals surface area contributed by atoms with Crippen molar-refractivity contribution in [2.45, 2.75) is 191 Å². The molecule has 57 heavy (non-hydrogen) atoms. The van der Waals surface area contributed by atoms with E-state index in [-0.39, 0.29) is 24.6 Å². The molecule has 9 nitrogen and oxygen atoms in total. The predicted molar refractivity (Wildman–Crippen MR) is 240 cm³/mol. The van der Waals surface area contributed by atoms with Gasteiger partial charge in [0.1, 0.15) is 23.7 Å². The fraction of sp³-hybridized carbons (Fsp3) is 0.851. The summed E-state index contributed by atoms with van der Waals surface area (Å²) in [5.41, 5.74) is 4.72. The first-order chi connectivity index (χ1) is 27.6. The van der Waals surface area contributed by atoms with Gasteiger partial charge in [-0.15, -0.1) is 0 Å². The molecular weight excluding hydrogens is 735 g/mol. The summed E-state index contributed by atoms with van der Waals surface area (Å²) in [5, 5.41) is 0. The van der Waals surface area contributed by atoms with E-state index in [1.54, 1.807) is 0 Å². The summed E-state index contributed by atoms with van der Waals surface area (Å²) in [6.45, 7) is 32.6. The summed E-state index contributed by atoms with van der Waals surface area (Å²) < 4.78 is 52.9. The van der Waals surface area contributed by atoms with Crippen LogP contribution in [0.25, 0.3) is 0 Å². The molecule has 0 spiro atoms. The molecule has 5 unspecified atom stereocenters. The van der Waals surface area contributed by atoms with Crippen LogP contribution in [-0.4, -0.2) is 87.7 Å². The van der Waals surface area contributed by atoms with Crippen molar-refractivity contribution in [1.82, 2.24) is 4.67 Å². The Morgan fingerprint density at radius 3 is 1.95 bits per heavy atom. The van der Waals surface area contributed by atoms with Crippen LogP contribution in [0.5, 0.6) is 11.5 Å². The normalized spacial score (nSPS) is 18.3. The molecule has 0 bridgehead atoms. The van der Waals surface area contributed by atoms with Gasteiger partial charge in [0, 0.05) is 25.6 Å². The van der Waals surface area contributed by atoms with E-state index in [0.29, 0.717) is 52.8 Å². The average Bonchev–Trinajstić information content (AvgIpc) is 3.16. The second-order valence-electron chi connectivity index (χ2n) is 17.8. The van der Waals surface area contributed by atoms with Gasteiger partial charge in [-0.05, 0) is 129 Å². The maximum absolute atomic E-state index is 8.00. The van der Waals surface area contributed by atoms with Crippen LogP contribution in [0.1, 0.15) is 164 Å². The van der Waals surface area contributed by atoms with E-state index in [1.807, 2.05) is 6.92 Å². The maximum atomic E-state index is 8.00. The maximum Gasteiger partial charge on any atom is 0.322 e. The molecule has 0 saturated heterocycles. The Labute approximate surface area is 353 Å². The number of fused-ring (bicyclic) bond motifs is 1. The topological polar surface area (TPSA) is 80.2 Å². The molecule has 2 rings (SSSR count). The Kier molecular flexibility index (Phi) is 24.6. The zero-order chi connectivity index (χ0) is 43.1. The third-order valence-electron chi connectivity index (χ3n) is 11.2. The molecule has 5 atom stereocenters. The highest BCUT2D eigenvalue weighted by Crippen LogP contribution is 2.47. The van der Waals surface area contributed by atoms with Crippen LogP contribution in [0.15, 0.2) is 4.99 Å². The standard InChI is InChI=1S/C47H87N2O7P/c1-15-48-34-54-57(49(36(4)5)37(6)7)56-40(10)33-52-30-29-50-27-28-51-31-32-53-45-41(11)42(12)46-44(43(45)13)24-26-47(14,55-46)25-18-23-39(9)22-17-21-38(8)20-16-19-35(2)3/h34-40H,15-33H2,1-14H3/b48-34+/i10D. The summed E-state index contributed by atoms with van der Waals surface area (Å²) in [7, 11) is -1.41. The van der Waals surface area contributed by atoms with Gasteiger partial charge in [0.2, 0.25) is 0 Å². The van der Waals surface area contributed by atoms with Gasteiger partial charge in [-0.3, -0.25) is 4.99 Å². The van der Waals surface area contributed by atoms with Gasteiger partial charge < -0.3 is 32.7 Å². The van der Waals surface area contributed by atoms with Crippen LogP contribution in [0.3, 0.4) is 0 Å². The highest BCUT2D eigenvalue weighted by molar-refractivity contribution is 7.45. The van der Waals surface area contributed by atoms with E-state index in [9.17, 15) is 0 Å². The monoisotopic (exact) mass is 824 g/mol. The predicted octanol–water partition coefficient (Wildman–Crippen LogP) is 12.4. The van der Waals surface area contributed by atoms with Crippen molar-refractivity contribution in [2.75, 3.05) is 52.8 Å². The van der Waals surface area contributed by atoms with E-state index < -0.39 is 14.6 Å². The fourth-order valence-electron chi connectivity index (χ4n) is 7.75. The zero-order valence-corrected chi connectivity index (χ0v) is 39.8. The van der Waals surface area contributed by atoms with Crippen molar-refractivity contribution >= 4 is 14.9 Å². The highest BCUT2D eigenvalue weighted by atomic mass is 31.2. The molecule has 332 valence electrons. The SMILES string of the molecule is [2H]CC(COCCOCCOCCOc1c(C)c(C)c2c(c1C)CCC(C)(CCCC(C)CCCC(C)CCCC(C)C)O2)OP(O/C=N/CC)N(C(C)C)C(C)C. The van der Waals surface area contributed by atoms with Crippen LogP contribution >= 0.6 is 8.53 Å². The Balaban J connectivity index is 1.69. The lowest BCUT2D eigenvalue weighted by Crippen LogP contribution is -2.37. The number of hydrogen-bond donors (Lipinski definition) is 0. The summed E-state index contributed by atoms with van der Waals surface area (Å²) >= 11 is 0. The van der Waals surface area contributed by atoms with Gasteiger partial charge >= 0.3 is 8.53 Å². The molecule has 0 aromatic heterocycles. The van der Waals surface area contributed by atoms with Crippen LogP contribution in [0, 0.1) is 38.5 Å². The second-order valence-corrected chi connectivity index (χ2v) is 19.2. The summed E-state index contributed by atoms with van der Waals surface area (Å²) in [4.78, 5) is 4.19. The van der Waals surface area contributed by atoms with Crippen molar-refractivity contribution in [3.8, 4) is 11.5 Å². The molecule has 0 fully saturated rings. The van der Waals surface area contributed by atoms with Gasteiger partial charge in [-0.1, -0.05) is 72.6 Å². The number of rotatable bonds is 32. The molecule has 1 heterocycles. The number of aliphatic imine (C=N–C) groups is 1. The first kappa shape index (κ1) is 49.9. The fourth-order valence-corrected chi connectivity index (χ4v) is 9.23. The summed E-state index contributed by atoms with van der Waals surface area (Å²) in [6, 6.07) is 0.437. The van der Waals surface area contributed by atoms with Crippen LogP contribution < -0.4 is 9.47 Å². The van der Waals surface area contributed by atoms with E-state index in [2.05, 4.69) is 92.7 Å². The van der Waals surface area contributed by atoms with Gasteiger partial charge in [-0.2, -0.15) is 0 Å². The Morgan fingerprint density at radius 1 is 0.789 bits per heavy atom. The number of ether oxygens (including phenoxy) is 5. The Morgan fingerprint density at radius 2 is 1.37 bits per heavy atom. The molecule has 0 N–H and O–H groups in total. The van der Waals surface area contributed by atoms with Crippen LogP contribution in [-0.2, 0) is 29.7 Å². The third kappa shape index (κ3) is 19.6. The molecular formula is C47H87N2O7P. The smallest absolute Gasteiger partial charge is 0.322 e. The van der Waals surface area contributed by atoms with Crippen molar-refractivity contribution in [3.63, 3.8) is 0 Å². The highest BCUT2D eigenvalue weighted by Gasteiger charge is 2.35. The van der Waals surface area contributed by atoms with Crippen LogP contribution in [0.4, 0.5) is 0 Å². The Bertz CT molecular complexity index is 1280. The van der Waals surface area contributed by atoms with Gasteiger partial charge in [0.15, 0.2) is 6.40 Å². The van der Waals surface area contributed by atoms with Gasteiger partial charge in [0.25, 0.3) is 0 Å². The largest absolute Gasteiger partial charge is 0.491 e. The molecule has 1 aliphatic rings. The van der Waals surface area contributed by atoms with Gasteiger partial charge in [0.05, 0.1) is 45.7 Å². The molecule has 0 amide bonds. The Hall–Kier alpha value is -1.48. The van der Waals surface area contributed by atoms with Crippen molar-refractivity contribution in [3.05, 3.63) is 22.3 Å². The minimum absolute atomic E-state index is 0.0728. The van der Waals surface area contributed by atoms with E-state index in [4.69, 9.17) is 34.1 Å².